The van der Waals surface area contributed by atoms with Crippen molar-refractivity contribution >= 4 is 39.1 Å². The van der Waals surface area contributed by atoms with E-state index in [1.54, 1.807) is 23.1 Å². The van der Waals surface area contributed by atoms with Crippen LogP contribution in [0.3, 0.4) is 0 Å². The van der Waals surface area contributed by atoms with E-state index < -0.39 is 0 Å². The summed E-state index contributed by atoms with van der Waals surface area (Å²) in [5.41, 5.74) is 7.60. The maximum Gasteiger partial charge on any atom is 0.191 e. The molecule has 7 heteroatoms. The molecule has 25 heavy (non-hydrogen) atoms. The number of nitrogens with zero attached hydrogens (tertiary/aromatic N) is 3. The first-order valence-electron chi connectivity index (χ1n) is 8.27. The van der Waals surface area contributed by atoms with Crippen molar-refractivity contribution in [1.29, 1.82) is 0 Å². The molecule has 0 saturated carbocycles. The molecule has 3 aromatic rings. The van der Waals surface area contributed by atoms with Crippen LogP contribution < -0.4 is 10.5 Å². The summed E-state index contributed by atoms with van der Waals surface area (Å²) in [7, 11) is 2.15. The maximum absolute atomic E-state index is 6.25. The molecule has 3 heterocycles. The fraction of sp³-hybridized carbons (Fsp3) is 0.333. The number of benzene rings is 1. The summed E-state index contributed by atoms with van der Waals surface area (Å²) in [6.07, 6.45) is 1.02. The standard InChI is InChI=1S/C18H20N4OS2/c1-22-8-7-13-14(11-22)25-17-15(13)16(19)20-18(21-17)24-10-9-23-12-5-3-2-4-6-12/h2-6H,7-11H2,1H3,(H2,19,20,21). The lowest BCUT2D eigenvalue weighted by atomic mass is 10.1. The molecule has 1 aliphatic heterocycles. The van der Waals surface area contributed by atoms with E-state index in [4.69, 9.17) is 15.5 Å². The molecular weight excluding hydrogens is 352 g/mol. The van der Waals surface area contributed by atoms with E-state index in [9.17, 15) is 0 Å². The van der Waals surface area contributed by atoms with Gasteiger partial charge in [0, 0.05) is 23.7 Å². The average molecular weight is 373 g/mol. The number of rotatable bonds is 5. The summed E-state index contributed by atoms with van der Waals surface area (Å²) < 4.78 is 5.71. The van der Waals surface area contributed by atoms with E-state index in [2.05, 4.69) is 16.9 Å². The number of para-hydroxylation sites is 1. The van der Waals surface area contributed by atoms with Gasteiger partial charge in [0.1, 0.15) is 16.4 Å². The number of thiophene rings is 1. The third kappa shape index (κ3) is 3.58. The van der Waals surface area contributed by atoms with Crippen LogP contribution in [0.15, 0.2) is 35.5 Å². The third-order valence-corrected chi connectivity index (χ3v) is 6.15. The second-order valence-corrected chi connectivity index (χ2v) is 8.22. The van der Waals surface area contributed by atoms with Gasteiger partial charge in [0.05, 0.1) is 12.0 Å². The van der Waals surface area contributed by atoms with Crippen LogP contribution in [0.1, 0.15) is 10.4 Å². The zero-order valence-corrected chi connectivity index (χ0v) is 15.7. The second kappa shape index (κ2) is 7.19. The van der Waals surface area contributed by atoms with Crippen LogP contribution in [0.5, 0.6) is 5.75 Å². The lowest BCUT2D eigenvalue weighted by Crippen LogP contribution is -2.25. The Bertz CT molecular complexity index is 882. The number of hydrogen-bond donors (Lipinski definition) is 1. The van der Waals surface area contributed by atoms with Gasteiger partial charge in [-0.1, -0.05) is 30.0 Å². The summed E-state index contributed by atoms with van der Waals surface area (Å²) in [5, 5.41) is 1.80. The predicted octanol–water partition coefficient (Wildman–Crippen LogP) is 3.43. The molecule has 0 radical (unpaired) electrons. The number of nitrogens with two attached hydrogens (primary N) is 1. The van der Waals surface area contributed by atoms with E-state index in [0.29, 0.717) is 12.4 Å². The Kier molecular flexibility index (Phi) is 4.78. The van der Waals surface area contributed by atoms with Crippen molar-refractivity contribution in [2.24, 2.45) is 0 Å². The van der Waals surface area contributed by atoms with Gasteiger partial charge in [-0.2, -0.15) is 0 Å². The summed E-state index contributed by atoms with van der Waals surface area (Å²) in [5.74, 6) is 2.28. The molecule has 0 atom stereocenters. The highest BCUT2D eigenvalue weighted by molar-refractivity contribution is 7.99. The predicted molar refractivity (Wildman–Crippen MR) is 105 cm³/mol. The van der Waals surface area contributed by atoms with Crippen molar-refractivity contribution in [3.05, 3.63) is 40.8 Å². The molecule has 0 amide bonds. The third-order valence-electron chi connectivity index (χ3n) is 4.23. The molecule has 130 valence electrons. The van der Waals surface area contributed by atoms with Crippen molar-refractivity contribution in [3.8, 4) is 5.75 Å². The fourth-order valence-electron chi connectivity index (χ4n) is 3.00. The first-order chi connectivity index (χ1) is 12.2. The van der Waals surface area contributed by atoms with E-state index >= 15 is 0 Å². The molecule has 0 spiro atoms. The van der Waals surface area contributed by atoms with Gasteiger partial charge < -0.3 is 15.4 Å². The molecule has 5 nitrogen and oxygen atoms in total. The largest absolute Gasteiger partial charge is 0.493 e. The summed E-state index contributed by atoms with van der Waals surface area (Å²) in [6.45, 7) is 2.65. The van der Waals surface area contributed by atoms with E-state index in [1.165, 1.54) is 10.4 Å². The smallest absolute Gasteiger partial charge is 0.191 e. The van der Waals surface area contributed by atoms with Crippen LogP contribution >= 0.6 is 23.1 Å². The SMILES string of the molecule is CN1CCc2c(sc3nc(SCCOc4ccccc4)nc(N)c23)C1. The Balaban J connectivity index is 1.46. The van der Waals surface area contributed by atoms with Crippen LogP contribution in [0, 0.1) is 0 Å². The molecule has 2 N–H and O–H groups in total. The summed E-state index contributed by atoms with van der Waals surface area (Å²) in [6, 6.07) is 9.83. The van der Waals surface area contributed by atoms with Gasteiger partial charge in [-0.25, -0.2) is 9.97 Å². The van der Waals surface area contributed by atoms with Crippen molar-refractivity contribution in [3.63, 3.8) is 0 Å². The number of hydrogen-bond acceptors (Lipinski definition) is 7. The molecule has 0 aliphatic carbocycles. The second-order valence-electron chi connectivity index (χ2n) is 6.07. The monoisotopic (exact) mass is 372 g/mol. The molecule has 1 aliphatic rings. The topological polar surface area (TPSA) is 64.3 Å². The van der Waals surface area contributed by atoms with Crippen molar-refractivity contribution in [2.45, 2.75) is 18.1 Å². The lowest BCUT2D eigenvalue weighted by molar-refractivity contribution is 0.318. The van der Waals surface area contributed by atoms with Gasteiger partial charge in [-0.3, -0.25) is 0 Å². The quantitative estimate of drug-likeness (QED) is 0.420. The Hall–Kier alpha value is -1.83. The molecule has 0 saturated heterocycles. The summed E-state index contributed by atoms with van der Waals surface area (Å²) in [4.78, 5) is 14.0. The number of aromatic nitrogens is 2. The highest BCUT2D eigenvalue weighted by Gasteiger charge is 2.22. The van der Waals surface area contributed by atoms with Crippen LogP contribution in [0.25, 0.3) is 10.2 Å². The van der Waals surface area contributed by atoms with E-state index in [1.807, 2.05) is 30.3 Å². The van der Waals surface area contributed by atoms with E-state index in [-0.39, 0.29) is 0 Å². The van der Waals surface area contributed by atoms with Crippen LogP contribution in [0.4, 0.5) is 5.82 Å². The first-order valence-corrected chi connectivity index (χ1v) is 10.1. The van der Waals surface area contributed by atoms with Gasteiger partial charge in [-0.15, -0.1) is 11.3 Å². The normalized spacial score (nSPS) is 14.6. The van der Waals surface area contributed by atoms with Gasteiger partial charge in [0.25, 0.3) is 0 Å². The molecular formula is C18H20N4OS2. The maximum atomic E-state index is 6.25. The van der Waals surface area contributed by atoms with E-state index in [0.717, 1.165) is 46.4 Å². The van der Waals surface area contributed by atoms with Gasteiger partial charge in [0.2, 0.25) is 0 Å². The summed E-state index contributed by atoms with van der Waals surface area (Å²) >= 11 is 3.33. The van der Waals surface area contributed by atoms with Crippen molar-refractivity contribution in [1.82, 2.24) is 14.9 Å². The van der Waals surface area contributed by atoms with Gasteiger partial charge >= 0.3 is 0 Å². The molecule has 2 aromatic heterocycles. The molecule has 0 fully saturated rings. The zero-order valence-electron chi connectivity index (χ0n) is 14.1. The van der Waals surface area contributed by atoms with Crippen LogP contribution in [0.2, 0.25) is 0 Å². The molecule has 4 rings (SSSR count). The van der Waals surface area contributed by atoms with Gasteiger partial charge in [-0.05, 0) is 31.2 Å². The number of nitrogen functional groups attached to an aromatic ring is 1. The van der Waals surface area contributed by atoms with Crippen molar-refractivity contribution in [2.75, 3.05) is 31.7 Å². The average Bonchev–Trinajstić information content (AvgIpc) is 2.97. The van der Waals surface area contributed by atoms with Crippen LogP contribution in [-0.2, 0) is 13.0 Å². The minimum Gasteiger partial charge on any atom is -0.493 e. The number of ether oxygens (including phenoxy) is 1. The highest BCUT2D eigenvalue weighted by Crippen LogP contribution is 2.37. The Morgan fingerprint density at radius 1 is 1.28 bits per heavy atom. The number of likely N-dealkylation sites (N-methyl/N-ethyl adjacent to an activating group) is 1. The highest BCUT2D eigenvalue weighted by atomic mass is 32.2. The van der Waals surface area contributed by atoms with Crippen molar-refractivity contribution < 1.29 is 4.74 Å². The minimum absolute atomic E-state index is 0.610. The lowest BCUT2D eigenvalue weighted by Gasteiger charge is -2.22. The van der Waals surface area contributed by atoms with Crippen LogP contribution in [-0.4, -0.2) is 40.8 Å². The number of fused-ring (bicyclic) bond motifs is 3. The Labute approximate surface area is 155 Å². The zero-order chi connectivity index (χ0) is 17.2. The first kappa shape index (κ1) is 16.6. The molecule has 0 unspecified atom stereocenters. The Morgan fingerprint density at radius 2 is 2.12 bits per heavy atom. The Morgan fingerprint density at radius 3 is 2.96 bits per heavy atom. The fourth-order valence-corrected chi connectivity index (χ4v) is 5.04. The number of thioether (sulfide) groups is 1. The minimum atomic E-state index is 0.610. The van der Waals surface area contributed by atoms with Gasteiger partial charge in [0.15, 0.2) is 5.16 Å². The molecule has 1 aromatic carbocycles. The number of anilines is 1. The molecule has 0 bridgehead atoms.